The van der Waals surface area contributed by atoms with Gasteiger partial charge in [-0.15, -0.1) is 0 Å². The molecule has 3 aromatic rings. The summed E-state index contributed by atoms with van der Waals surface area (Å²) in [5, 5.41) is 6.89. The van der Waals surface area contributed by atoms with E-state index in [4.69, 9.17) is 25.2 Å². The number of carbonyl (C=O) groups excluding carboxylic acids is 1. The average molecular weight is 516 g/mol. The van der Waals surface area contributed by atoms with Gasteiger partial charge in [-0.2, -0.15) is 0 Å². The summed E-state index contributed by atoms with van der Waals surface area (Å²) in [5.41, 5.74) is 9.27. The Bertz CT molecular complexity index is 1280. The lowest BCUT2D eigenvalue weighted by molar-refractivity contribution is -0.00884. The summed E-state index contributed by atoms with van der Waals surface area (Å²) in [6, 6.07) is 12.0. The molecule has 3 fully saturated rings. The Morgan fingerprint density at radius 2 is 1.79 bits per heavy atom. The van der Waals surface area contributed by atoms with Gasteiger partial charge in [-0.05, 0) is 55.5 Å². The number of hydrogen-bond acceptors (Lipinski definition) is 9. The molecule has 3 aliphatic rings. The zero-order chi connectivity index (χ0) is 26.0. The van der Waals surface area contributed by atoms with Gasteiger partial charge in [0.2, 0.25) is 0 Å². The van der Waals surface area contributed by atoms with Crippen molar-refractivity contribution in [2.75, 3.05) is 43.5 Å². The molecule has 198 valence electrons. The first-order valence-corrected chi connectivity index (χ1v) is 13.3. The van der Waals surface area contributed by atoms with E-state index >= 15 is 0 Å². The van der Waals surface area contributed by atoms with E-state index in [0.717, 1.165) is 76.4 Å². The number of nitrogens with two attached hydrogens (primary N) is 1. The number of primary amides is 1. The molecule has 1 saturated carbocycles. The van der Waals surface area contributed by atoms with Crippen molar-refractivity contribution in [3.63, 3.8) is 0 Å². The van der Waals surface area contributed by atoms with E-state index in [1.807, 2.05) is 24.3 Å². The smallest absolute Gasteiger partial charge is 0.271 e. The molecule has 10 heteroatoms. The maximum absolute atomic E-state index is 12.5. The Kier molecular flexibility index (Phi) is 6.92. The fraction of sp³-hybridized carbons (Fsp3) is 0.429. The lowest BCUT2D eigenvalue weighted by Crippen LogP contribution is -2.35. The number of benzene rings is 1. The summed E-state index contributed by atoms with van der Waals surface area (Å²) in [7, 11) is 0. The molecule has 1 unspecified atom stereocenters. The molecule has 2 aromatic heterocycles. The summed E-state index contributed by atoms with van der Waals surface area (Å²) in [4.78, 5) is 28.6. The normalized spacial score (nSPS) is 20.7. The van der Waals surface area contributed by atoms with E-state index in [1.54, 1.807) is 12.4 Å². The lowest BCUT2D eigenvalue weighted by atomic mass is 10.0. The van der Waals surface area contributed by atoms with Gasteiger partial charge in [0.05, 0.1) is 18.8 Å². The highest BCUT2D eigenvalue weighted by atomic mass is 16.5. The van der Waals surface area contributed by atoms with Crippen LogP contribution in [0.4, 0.5) is 17.3 Å². The molecule has 1 aromatic carbocycles. The molecule has 4 N–H and O–H groups in total. The molecule has 4 heterocycles. The van der Waals surface area contributed by atoms with E-state index in [0.29, 0.717) is 17.3 Å². The third kappa shape index (κ3) is 5.62. The van der Waals surface area contributed by atoms with Crippen LogP contribution in [0.3, 0.4) is 0 Å². The van der Waals surface area contributed by atoms with Crippen LogP contribution in [0.1, 0.15) is 41.7 Å². The van der Waals surface area contributed by atoms with Crippen molar-refractivity contribution in [2.45, 2.75) is 43.9 Å². The molecule has 2 saturated heterocycles. The molecule has 10 nitrogen and oxygen atoms in total. The number of nitrogens with one attached hydrogen (secondary N) is 2. The second-order valence-corrected chi connectivity index (χ2v) is 10.3. The monoisotopic (exact) mass is 515 g/mol. The Balaban J connectivity index is 1.28. The minimum atomic E-state index is -0.645. The van der Waals surface area contributed by atoms with Gasteiger partial charge in [0.25, 0.3) is 5.91 Å². The van der Waals surface area contributed by atoms with Crippen LogP contribution in [0.15, 0.2) is 48.8 Å². The summed E-state index contributed by atoms with van der Waals surface area (Å²) in [6.45, 7) is 5.01. The number of pyridine rings is 1. The number of hydrogen-bond donors (Lipinski definition) is 3. The standard InChI is InChI=1S/C28H33N7O3/c29-25(36)24-27(31-21-3-1-19(2-4-21)18-35-12-15-37-16-13-35)34-26(23(33-24)20-5-10-30-11-6-20)32-22-7-14-38-28(17-22)8-9-28/h1-6,10-11,22H,7-9,12-18H2,(H2,29,36)(H2,31,32,34). The van der Waals surface area contributed by atoms with Gasteiger partial charge in [0, 0.05) is 55.9 Å². The molecule has 0 bridgehead atoms. The Labute approximate surface area is 222 Å². The van der Waals surface area contributed by atoms with E-state index in [2.05, 4.69) is 32.7 Å². The maximum atomic E-state index is 12.5. The Hall–Kier alpha value is -3.60. The van der Waals surface area contributed by atoms with E-state index < -0.39 is 5.91 Å². The number of anilines is 3. The highest BCUT2D eigenvalue weighted by Gasteiger charge is 2.47. The SMILES string of the molecule is NC(=O)c1nc(-c2ccncc2)c(NC2CCOC3(CC3)C2)nc1Nc1ccc(CN2CCOCC2)cc1. The van der Waals surface area contributed by atoms with Crippen LogP contribution in [-0.4, -0.2) is 70.3 Å². The predicted molar refractivity (Wildman–Crippen MR) is 144 cm³/mol. The van der Waals surface area contributed by atoms with Crippen molar-refractivity contribution in [3.05, 3.63) is 60.0 Å². The van der Waals surface area contributed by atoms with Gasteiger partial charge in [-0.25, -0.2) is 9.97 Å². The van der Waals surface area contributed by atoms with Crippen LogP contribution < -0.4 is 16.4 Å². The summed E-state index contributed by atoms with van der Waals surface area (Å²) >= 11 is 0. The highest BCUT2D eigenvalue weighted by Crippen LogP contribution is 2.47. The molecular formula is C28H33N7O3. The number of nitrogens with zero attached hydrogens (tertiary/aromatic N) is 4. The van der Waals surface area contributed by atoms with Gasteiger partial charge in [-0.3, -0.25) is 14.7 Å². The minimum Gasteiger partial charge on any atom is -0.379 e. The zero-order valence-electron chi connectivity index (χ0n) is 21.4. The van der Waals surface area contributed by atoms with Crippen molar-refractivity contribution >= 4 is 23.2 Å². The van der Waals surface area contributed by atoms with Crippen molar-refractivity contribution in [3.8, 4) is 11.3 Å². The molecule has 38 heavy (non-hydrogen) atoms. The van der Waals surface area contributed by atoms with Crippen LogP contribution in [0.2, 0.25) is 0 Å². The van der Waals surface area contributed by atoms with Gasteiger partial charge in [0.1, 0.15) is 5.69 Å². The molecule has 1 spiro atoms. The third-order valence-corrected chi connectivity index (χ3v) is 7.45. The first-order valence-electron chi connectivity index (χ1n) is 13.3. The van der Waals surface area contributed by atoms with E-state index in [9.17, 15) is 4.79 Å². The van der Waals surface area contributed by atoms with Gasteiger partial charge < -0.3 is 25.8 Å². The van der Waals surface area contributed by atoms with E-state index in [1.165, 1.54) is 5.56 Å². The molecule has 1 amide bonds. The summed E-state index contributed by atoms with van der Waals surface area (Å²) in [6.07, 6.45) is 7.40. The molecule has 1 atom stereocenters. The molecular weight excluding hydrogens is 482 g/mol. The van der Waals surface area contributed by atoms with E-state index in [-0.39, 0.29) is 17.3 Å². The Morgan fingerprint density at radius 3 is 2.50 bits per heavy atom. The van der Waals surface area contributed by atoms with Crippen LogP contribution in [-0.2, 0) is 16.0 Å². The average Bonchev–Trinajstić information content (AvgIpc) is 3.68. The minimum absolute atomic E-state index is 0.0113. The number of rotatable bonds is 8. The van der Waals surface area contributed by atoms with Crippen molar-refractivity contribution in [1.82, 2.24) is 19.9 Å². The lowest BCUT2D eigenvalue weighted by Gasteiger charge is -2.31. The zero-order valence-corrected chi connectivity index (χ0v) is 21.4. The number of morpholine rings is 1. The number of ether oxygens (including phenoxy) is 2. The van der Waals surface area contributed by atoms with Gasteiger partial charge >= 0.3 is 0 Å². The number of amides is 1. The summed E-state index contributed by atoms with van der Waals surface area (Å²) in [5.74, 6) is 0.288. The van der Waals surface area contributed by atoms with Crippen molar-refractivity contribution in [2.24, 2.45) is 5.73 Å². The van der Waals surface area contributed by atoms with Gasteiger partial charge in [-0.1, -0.05) is 12.1 Å². The molecule has 1 aliphatic carbocycles. The first-order chi connectivity index (χ1) is 18.6. The van der Waals surface area contributed by atoms with Gasteiger partial charge in [0.15, 0.2) is 17.3 Å². The topological polar surface area (TPSA) is 128 Å². The largest absolute Gasteiger partial charge is 0.379 e. The molecule has 6 rings (SSSR count). The third-order valence-electron chi connectivity index (χ3n) is 7.45. The fourth-order valence-corrected chi connectivity index (χ4v) is 5.19. The number of aromatic nitrogens is 3. The second-order valence-electron chi connectivity index (χ2n) is 10.3. The van der Waals surface area contributed by atoms with Crippen LogP contribution in [0.5, 0.6) is 0 Å². The second kappa shape index (κ2) is 10.6. The summed E-state index contributed by atoms with van der Waals surface area (Å²) < 4.78 is 11.4. The van der Waals surface area contributed by atoms with Crippen LogP contribution >= 0.6 is 0 Å². The molecule has 2 aliphatic heterocycles. The first kappa shape index (κ1) is 24.7. The van der Waals surface area contributed by atoms with Crippen molar-refractivity contribution in [1.29, 1.82) is 0 Å². The predicted octanol–water partition coefficient (Wildman–Crippen LogP) is 3.34. The van der Waals surface area contributed by atoms with Crippen LogP contribution in [0.25, 0.3) is 11.3 Å². The van der Waals surface area contributed by atoms with Crippen LogP contribution in [0, 0.1) is 0 Å². The fourth-order valence-electron chi connectivity index (χ4n) is 5.19. The maximum Gasteiger partial charge on any atom is 0.271 e. The van der Waals surface area contributed by atoms with Crippen molar-refractivity contribution < 1.29 is 14.3 Å². The molecule has 0 radical (unpaired) electrons. The highest BCUT2D eigenvalue weighted by molar-refractivity contribution is 5.97. The Morgan fingerprint density at radius 1 is 1.03 bits per heavy atom. The number of carbonyl (C=O) groups is 1. The quantitative estimate of drug-likeness (QED) is 0.414.